The minimum Gasteiger partial charge on any atom is -0.477 e. The van der Waals surface area contributed by atoms with Gasteiger partial charge >= 0.3 is 11.9 Å². The number of carboxylic acids is 1. The van der Waals surface area contributed by atoms with Gasteiger partial charge in [0.1, 0.15) is 23.7 Å². The van der Waals surface area contributed by atoms with Gasteiger partial charge in [-0.3, -0.25) is 24.3 Å². The fourth-order valence-corrected chi connectivity index (χ4v) is 5.16. The molecule has 0 aliphatic carbocycles. The second kappa shape index (κ2) is 9.10. The lowest BCUT2D eigenvalue weighted by molar-refractivity contribution is -0.150. The molecule has 2 aromatic rings. The SMILES string of the molecule is CC(=O)OCC1=C(C(=O)O)N2C(=O)C(NC(=O)CNc3cc(C)nc4ccccc34)C2SC1. The van der Waals surface area contributed by atoms with Crippen molar-refractivity contribution in [3.8, 4) is 0 Å². The molecule has 0 spiro atoms. The standard InChI is InChI=1S/C22H22N4O6S/c1-11-7-16(14-5-3-4-6-15(14)24-11)23-8-17(28)25-18-20(29)26-19(22(30)31)13(9-32-12(2)27)10-33-21(18)26/h3-7,18,21H,8-10H2,1-2H3,(H,23,24)(H,25,28)(H,30,31). The maximum absolute atomic E-state index is 12.7. The number of carbonyl (C=O) groups excluding carboxylic acids is 3. The summed E-state index contributed by atoms with van der Waals surface area (Å²) in [6.07, 6.45) is 0. The van der Waals surface area contributed by atoms with E-state index in [1.54, 1.807) is 0 Å². The van der Waals surface area contributed by atoms with Crippen LogP contribution in [0.4, 0.5) is 5.69 Å². The zero-order chi connectivity index (χ0) is 23.7. The topological polar surface area (TPSA) is 138 Å². The number of carboxylic acid groups (broad SMARTS) is 1. The summed E-state index contributed by atoms with van der Waals surface area (Å²) in [5.41, 5.74) is 2.53. The van der Waals surface area contributed by atoms with Gasteiger partial charge in [-0.2, -0.15) is 0 Å². The van der Waals surface area contributed by atoms with Gasteiger partial charge in [0.15, 0.2) is 0 Å². The summed E-state index contributed by atoms with van der Waals surface area (Å²) in [6, 6.07) is 8.58. The molecule has 11 heteroatoms. The van der Waals surface area contributed by atoms with E-state index in [0.29, 0.717) is 5.57 Å². The summed E-state index contributed by atoms with van der Waals surface area (Å²) in [5, 5.41) is 15.7. The molecule has 10 nitrogen and oxygen atoms in total. The van der Waals surface area contributed by atoms with Crippen molar-refractivity contribution in [1.82, 2.24) is 15.2 Å². The molecular weight excluding hydrogens is 448 g/mol. The maximum Gasteiger partial charge on any atom is 0.352 e. The predicted molar refractivity (Wildman–Crippen MR) is 121 cm³/mol. The highest BCUT2D eigenvalue weighted by Crippen LogP contribution is 2.40. The Morgan fingerprint density at radius 1 is 1.30 bits per heavy atom. The number of fused-ring (bicyclic) bond motifs is 2. The number of nitrogens with zero attached hydrogens (tertiary/aromatic N) is 2. The molecule has 4 rings (SSSR count). The molecule has 3 N–H and O–H groups in total. The number of aromatic nitrogens is 1. The van der Waals surface area contributed by atoms with E-state index in [1.807, 2.05) is 37.3 Å². The third-order valence-electron chi connectivity index (χ3n) is 5.30. The van der Waals surface area contributed by atoms with Gasteiger partial charge in [0.05, 0.1) is 12.1 Å². The molecule has 2 aliphatic heterocycles. The van der Waals surface area contributed by atoms with E-state index in [-0.39, 0.29) is 24.6 Å². The van der Waals surface area contributed by atoms with Crippen LogP contribution in [0.1, 0.15) is 12.6 Å². The lowest BCUT2D eigenvalue weighted by Crippen LogP contribution is -2.71. The summed E-state index contributed by atoms with van der Waals surface area (Å²) < 4.78 is 4.92. The van der Waals surface area contributed by atoms with Crippen molar-refractivity contribution in [2.75, 3.05) is 24.2 Å². The zero-order valence-corrected chi connectivity index (χ0v) is 18.8. The fourth-order valence-electron chi connectivity index (χ4n) is 3.84. The highest BCUT2D eigenvalue weighted by molar-refractivity contribution is 8.00. The van der Waals surface area contributed by atoms with Crippen molar-refractivity contribution >= 4 is 52.1 Å². The molecule has 1 fully saturated rings. The number of esters is 1. The molecule has 1 saturated heterocycles. The molecule has 0 radical (unpaired) electrons. The Hall–Kier alpha value is -3.60. The number of aliphatic carboxylic acids is 1. The quantitative estimate of drug-likeness (QED) is 0.403. The number of rotatable bonds is 7. The Morgan fingerprint density at radius 3 is 2.79 bits per heavy atom. The highest BCUT2D eigenvalue weighted by atomic mass is 32.2. The van der Waals surface area contributed by atoms with E-state index in [1.165, 1.54) is 18.7 Å². The number of β-lactam (4-membered cyclic amide) rings is 1. The molecule has 2 aliphatic rings. The number of para-hydroxylation sites is 1. The molecule has 2 unspecified atom stereocenters. The molecule has 2 amide bonds. The molecule has 0 bridgehead atoms. The molecule has 0 saturated carbocycles. The van der Waals surface area contributed by atoms with E-state index in [9.17, 15) is 24.3 Å². The van der Waals surface area contributed by atoms with Crippen LogP contribution < -0.4 is 10.6 Å². The van der Waals surface area contributed by atoms with Crippen LogP contribution in [0.15, 0.2) is 41.6 Å². The largest absolute Gasteiger partial charge is 0.477 e. The van der Waals surface area contributed by atoms with Crippen LogP contribution in [-0.4, -0.2) is 69.1 Å². The maximum atomic E-state index is 12.7. The number of nitrogens with one attached hydrogen (secondary N) is 2. The van der Waals surface area contributed by atoms with Crippen molar-refractivity contribution < 1.29 is 29.0 Å². The Labute approximate surface area is 193 Å². The van der Waals surface area contributed by atoms with E-state index < -0.39 is 35.2 Å². The van der Waals surface area contributed by atoms with Gasteiger partial charge in [0, 0.05) is 35.0 Å². The van der Waals surface area contributed by atoms with Gasteiger partial charge in [0.25, 0.3) is 5.91 Å². The first-order valence-corrected chi connectivity index (χ1v) is 11.2. The van der Waals surface area contributed by atoms with E-state index in [4.69, 9.17) is 4.74 Å². The van der Waals surface area contributed by atoms with Gasteiger partial charge in [-0.15, -0.1) is 11.8 Å². The molecular formula is C22H22N4O6S. The van der Waals surface area contributed by atoms with Gasteiger partial charge in [-0.05, 0) is 19.1 Å². The molecule has 2 atom stereocenters. The average molecular weight is 471 g/mol. The zero-order valence-electron chi connectivity index (χ0n) is 18.0. The number of pyridine rings is 1. The number of hydrogen-bond donors (Lipinski definition) is 3. The minimum atomic E-state index is -1.28. The Kier molecular flexibility index (Phi) is 6.23. The molecule has 1 aromatic heterocycles. The van der Waals surface area contributed by atoms with Crippen LogP contribution in [0.3, 0.4) is 0 Å². The third kappa shape index (κ3) is 4.49. The summed E-state index contributed by atoms with van der Waals surface area (Å²) in [5.74, 6) is -2.44. The van der Waals surface area contributed by atoms with E-state index in [2.05, 4.69) is 15.6 Å². The van der Waals surface area contributed by atoms with Crippen molar-refractivity contribution in [2.45, 2.75) is 25.3 Å². The number of carbonyl (C=O) groups is 4. The Balaban J connectivity index is 1.41. The Bertz CT molecular complexity index is 1200. The molecule has 1 aromatic carbocycles. The smallest absolute Gasteiger partial charge is 0.352 e. The number of benzene rings is 1. The molecule has 3 heterocycles. The fraction of sp³-hybridized carbons (Fsp3) is 0.318. The number of amides is 2. The number of anilines is 1. The lowest BCUT2D eigenvalue weighted by Gasteiger charge is -2.49. The average Bonchev–Trinajstić information content (AvgIpc) is 2.78. The van der Waals surface area contributed by atoms with Crippen LogP contribution >= 0.6 is 11.8 Å². The number of ether oxygens (including phenoxy) is 1. The van der Waals surface area contributed by atoms with E-state index in [0.717, 1.165) is 27.2 Å². The van der Waals surface area contributed by atoms with Crippen LogP contribution in [0.2, 0.25) is 0 Å². The van der Waals surface area contributed by atoms with Gasteiger partial charge in [0.2, 0.25) is 5.91 Å². The Morgan fingerprint density at radius 2 is 2.06 bits per heavy atom. The molecule has 172 valence electrons. The molecule has 33 heavy (non-hydrogen) atoms. The minimum absolute atomic E-state index is 0.0616. The first-order chi connectivity index (χ1) is 15.8. The number of aryl methyl sites for hydroxylation is 1. The monoisotopic (exact) mass is 470 g/mol. The second-order valence-electron chi connectivity index (χ2n) is 7.67. The second-order valence-corrected chi connectivity index (χ2v) is 8.78. The van der Waals surface area contributed by atoms with Crippen LogP contribution in [-0.2, 0) is 23.9 Å². The summed E-state index contributed by atoms with van der Waals surface area (Å²) in [4.78, 5) is 53.7. The summed E-state index contributed by atoms with van der Waals surface area (Å²) in [7, 11) is 0. The van der Waals surface area contributed by atoms with Crippen molar-refractivity contribution in [3.63, 3.8) is 0 Å². The van der Waals surface area contributed by atoms with E-state index >= 15 is 0 Å². The van der Waals surface area contributed by atoms with Crippen LogP contribution in [0, 0.1) is 6.92 Å². The van der Waals surface area contributed by atoms with Crippen molar-refractivity contribution in [2.24, 2.45) is 0 Å². The predicted octanol–water partition coefficient (Wildman–Crippen LogP) is 1.26. The highest BCUT2D eigenvalue weighted by Gasteiger charge is 2.54. The first-order valence-electron chi connectivity index (χ1n) is 10.2. The summed E-state index contributed by atoms with van der Waals surface area (Å²) >= 11 is 1.32. The van der Waals surface area contributed by atoms with Gasteiger partial charge in [-0.1, -0.05) is 18.2 Å². The third-order valence-corrected chi connectivity index (χ3v) is 6.64. The van der Waals surface area contributed by atoms with Gasteiger partial charge in [-0.25, -0.2) is 4.79 Å². The normalized spacial score (nSPS) is 19.6. The lowest BCUT2D eigenvalue weighted by atomic mass is 10.0. The first kappa shape index (κ1) is 22.6. The van der Waals surface area contributed by atoms with Crippen molar-refractivity contribution in [1.29, 1.82) is 0 Å². The number of thioether (sulfide) groups is 1. The number of hydrogen-bond acceptors (Lipinski definition) is 8. The van der Waals surface area contributed by atoms with Crippen molar-refractivity contribution in [3.05, 3.63) is 47.3 Å². The van der Waals surface area contributed by atoms with Crippen LogP contribution in [0.25, 0.3) is 10.9 Å². The van der Waals surface area contributed by atoms with Crippen LogP contribution in [0.5, 0.6) is 0 Å². The summed E-state index contributed by atoms with van der Waals surface area (Å²) in [6.45, 7) is 2.84. The van der Waals surface area contributed by atoms with Gasteiger partial charge < -0.3 is 20.5 Å².